The van der Waals surface area contributed by atoms with Gasteiger partial charge in [-0.15, -0.1) is 0 Å². The van der Waals surface area contributed by atoms with Crippen LogP contribution in [0.1, 0.15) is 0 Å². The van der Waals surface area contributed by atoms with Gasteiger partial charge in [-0.05, 0) is 0 Å². The summed E-state index contributed by atoms with van der Waals surface area (Å²) in [5.74, 6) is -0.169. The van der Waals surface area contributed by atoms with Crippen molar-refractivity contribution < 1.29 is 9.53 Å². The fraction of sp³-hybridized carbons (Fsp3) is 0.0952. The van der Waals surface area contributed by atoms with E-state index in [-0.39, 0.29) is 5.97 Å². The molecule has 128 valence electrons. The van der Waals surface area contributed by atoms with Gasteiger partial charge in [0, 0.05) is 0 Å². The Labute approximate surface area is 160 Å². The Balaban J connectivity index is 2.42. The second kappa shape index (κ2) is 7.35. The third kappa shape index (κ3) is 3.16. The third-order valence-electron chi connectivity index (χ3n) is 4.54. The summed E-state index contributed by atoms with van der Waals surface area (Å²) < 4.78 is 8.82. The number of esters is 1. The van der Waals surface area contributed by atoms with Gasteiger partial charge in [0.2, 0.25) is 0 Å². The third-order valence-corrected chi connectivity index (χ3v) is 25.4. The van der Waals surface area contributed by atoms with Gasteiger partial charge >= 0.3 is 161 Å². The van der Waals surface area contributed by atoms with Crippen molar-refractivity contribution in [1.29, 1.82) is 0 Å². The molecule has 2 nitrogen and oxygen atoms in total. The Morgan fingerprint density at radius 2 is 1.08 bits per heavy atom. The molecule has 3 aromatic rings. The molecule has 0 amide bonds. The maximum absolute atomic E-state index is 12.6. The van der Waals surface area contributed by atoms with Gasteiger partial charge in [-0.25, -0.2) is 0 Å². The number of hydrogen-bond acceptors (Lipinski definition) is 2. The number of hydrogen-bond donors (Lipinski definition) is 0. The van der Waals surface area contributed by atoms with E-state index in [0.29, 0.717) is 5.21 Å². The molecular formula is C21H20AsIO2. The second-order valence-electron chi connectivity index (χ2n) is 5.92. The summed E-state index contributed by atoms with van der Waals surface area (Å²) in [7, 11) is -2.27. The van der Waals surface area contributed by atoms with Gasteiger partial charge in [-0.1, -0.05) is 0 Å². The Hall–Kier alpha value is -1.58. The summed E-state index contributed by atoms with van der Waals surface area (Å²) in [6, 6.07) is 31.3. The predicted octanol–water partition coefficient (Wildman–Crippen LogP) is 3.22. The number of methoxy groups -OCH3 is 1. The van der Waals surface area contributed by atoms with Gasteiger partial charge in [-0.2, -0.15) is 0 Å². The molecule has 3 aromatic carbocycles. The summed E-state index contributed by atoms with van der Waals surface area (Å²) in [6.45, 7) is 0. The predicted molar refractivity (Wildman–Crippen MR) is 115 cm³/mol. The standard InChI is InChI=1S/C21H20AsIO2/c1-25-21(24)17-22(23,18-11-5-2-6-12-18,19-13-7-3-8-14-19)20-15-9-4-10-16-20/h2-16H,17H2,1H3. The van der Waals surface area contributed by atoms with E-state index in [1.165, 1.54) is 20.2 Å². The van der Waals surface area contributed by atoms with E-state index in [9.17, 15) is 4.79 Å². The van der Waals surface area contributed by atoms with Gasteiger partial charge < -0.3 is 0 Å². The van der Waals surface area contributed by atoms with Crippen LogP contribution in [-0.4, -0.2) is 22.2 Å². The van der Waals surface area contributed by atoms with Crippen LogP contribution >= 0.6 is 20.1 Å². The first kappa shape index (κ1) is 18.2. The summed E-state index contributed by atoms with van der Waals surface area (Å²) in [6.07, 6.45) is 0. The molecule has 0 heterocycles. The van der Waals surface area contributed by atoms with Crippen LogP contribution in [0.15, 0.2) is 91.0 Å². The SMILES string of the molecule is COC(=O)C[As](I)(c1ccccc1)(c1ccccc1)c1ccccc1. The average molecular weight is 506 g/mol. The first-order valence-electron chi connectivity index (χ1n) is 8.06. The van der Waals surface area contributed by atoms with Gasteiger partial charge in [0.15, 0.2) is 0 Å². The molecule has 25 heavy (non-hydrogen) atoms. The molecule has 0 aliphatic rings. The molecule has 0 radical (unpaired) electrons. The van der Waals surface area contributed by atoms with Crippen molar-refractivity contribution in [2.45, 2.75) is 5.21 Å². The van der Waals surface area contributed by atoms with Crippen molar-refractivity contribution in [3.63, 3.8) is 0 Å². The summed E-state index contributed by atoms with van der Waals surface area (Å²) >= 11 is 2.62. The van der Waals surface area contributed by atoms with Gasteiger partial charge in [-0.3, -0.25) is 0 Å². The molecule has 0 N–H and O–H groups in total. The number of benzene rings is 3. The molecule has 4 heteroatoms. The zero-order valence-corrected chi connectivity index (χ0v) is 18.0. The minimum atomic E-state index is -3.74. The van der Waals surface area contributed by atoms with Crippen LogP contribution in [0.3, 0.4) is 0 Å². The molecule has 0 aliphatic carbocycles. The zero-order chi connectivity index (χ0) is 17.8. The molecule has 3 rings (SSSR count). The number of halogens is 1. The summed E-state index contributed by atoms with van der Waals surface area (Å²) in [5, 5.41) is 0.383. The molecule has 0 unspecified atom stereocenters. The van der Waals surface area contributed by atoms with Crippen LogP contribution < -0.4 is 13.1 Å². The van der Waals surface area contributed by atoms with E-state index in [0.717, 1.165) is 0 Å². The van der Waals surface area contributed by atoms with Crippen LogP contribution in [0.4, 0.5) is 0 Å². The van der Waals surface area contributed by atoms with Crippen LogP contribution in [0.2, 0.25) is 5.21 Å². The first-order chi connectivity index (χ1) is 12.1. The Morgan fingerprint density at radius 3 is 1.36 bits per heavy atom. The van der Waals surface area contributed by atoms with Crippen molar-refractivity contribution in [3.05, 3.63) is 91.0 Å². The topological polar surface area (TPSA) is 26.3 Å². The molecule has 0 saturated heterocycles. The van der Waals surface area contributed by atoms with E-state index in [2.05, 4.69) is 92.9 Å². The quantitative estimate of drug-likeness (QED) is 0.302. The van der Waals surface area contributed by atoms with Gasteiger partial charge in [0.1, 0.15) is 0 Å². The Morgan fingerprint density at radius 1 is 0.760 bits per heavy atom. The monoisotopic (exact) mass is 506 g/mol. The van der Waals surface area contributed by atoms with Crippen LogP contribution in [-0.2, 0) is 9.53 Å². The van der Waals surface area contributed by atoms with E-state index in [1.807, 2.05) is 18.2 Å². The van der Waals surface area contributed by atoms with Gasteiger partial charge in [0.05, 0.1) is 0 Å². The first-order valence-corrected chi connectivity index (χ1v) is 17.9. The van der Waals surface area contributed by atoms with Crippen molar-refractivity contribution >= 4 is 48.3 Å². The normalized spacial score (nSPS) is 12.8. The van der Waals surface area contributed by atoms with Gasteiger partial charge in [0.25, 0.3) is 0 Å². The number of rotatable bonds is 5. The van der Waals surface area contributed by atoms with E-state index >= 15 is 0 Å². The molecule has 0 aromatic heterocycles. The molecule has 0 fully saturated rings. The Kier molecular flexibility index (Phi) is 5.35. The molecular weight excluding hydrogens is 486 g/mol. The van der Waals surface area contributed by atoms with E-state index in [1.54, 1.807) is 0 Å². The molecule has 0 bridgehead atoms. The number of ether oxygens (including phenoxy) is 1. The number of carbonyl (C=O) groups excluding carboxylic acids is 1. The fourth-order valence-corrected chi connectivity index (χ4v) is 19.0. The van der Waals surface area contributed by atoms with Crippen molar-refractivity contribution in [3.8, 4) is 0 Å². The molecule has 0 spiro atoms. The van der Waals surface area contributed by atoms with E-state index < -0.39 is 9.10 Å². The van der Waals surface area contributed by atoms with Crippen molar-refractivity contribution in [1.82, 2.24) is 0 Å². The van der Waals surface area contributed by atoms with Crippen molar-refractivity contribution in [2.75, 3.05) is 7.11 Å². The van der Waals surface area contributed by atoms with Crippen molar-refractivity contribution in [2.24, 2.45) is 0 Å². The maximum atomic E-state index is 12.6. The van der Waals surface area contributed by atoms with Crippen LogP contribution in [0, 0.1) is 0 Å². The number of carbonyl (C=O) groups is 1. The van der Waals surface area contributed by atoms with Crippen LogP contribution in [0.25, 0.3) is 0 Å². The Bertz CT molecular complexity index is 751. The average Bonchev–Trinajstić information content (AvgIpc) is 2.70. The molecule has 0 saturated carbocycles. The summed E-state index contributed by atoms with van der Waals surface area (Å²) in [4.78, 5) is 12.6. The summed E-state index contributed by atoms with van der Waals surface area (Å²) in [5.41, 5.74) is 0. The zero-order valence-electron chi connectivity index (χ0n) is 14.0. The fourth-order valence-electron chi connectivity index (χ4n) is 3.24. The van der Waals surface area contributed by atoms with E-state index in [4.69, 9.17) is 4.74 Å². The van der Waals surface area contributed by atoms with Crippen LogP contribution in [0.5, 0.6) is 0 Å². The molecule has 0 atom stereocenters. The second-order valence-corrected chi connectivity index (χ2v) is 25.9. The minimum absolute atomic E-state index is 0.169. The molecule has 0 aliphatic heterocycles.